The normalized spacial score (nSPS) is 22.2. The minimum absolute atomic E-state index is 0.0908. The van der Waals surface area contributed by atoms with Crippen LogP contribution in [0.2, 0.25) is 0 Å². The summed E-state index contributed by atoms with van der Waals surface area (Å²) >= 11 is 0. The van der Waals surface area contributed by atoms with Gasteiger partial charge in [-0.2, -0.15) is 13.2 Å². The molecule has 0 aliphatic heterocycles. The molecule has 0 heterocycles. The van der Waals surface area contributed by atoms with Gasteiger partial charge in [-0.3, -0.25) is 4.79 Å². The third kappa shape index (κ3) is 4.15. The van der Waals surface area contributed by atoms with E-state index in [2.05, 4.69) is 5.32 Å². The van der Waals surface area contributed by atoms with Gasteiger partial charge in [0.2, 0.25) is 5.91 Å². The molecule has 0 saturated heterocycles. The third-order valence-electron chi connectivity index (χ3n) is 4.21. The summed E-state index contributed by atoms with van der Waals surface area (Å²) < 4.78 is 38.5. The van der Waals surface area contributed by atoms with E-state index in [0.29, 0.717) is 6.42 Å². The van der Waals surface area contributed by atoms with Crippen molar-refractivity contribution in [3.05, 3.63) is 24.3 Å². The molecule has 2 atom stereocenters. The van der Waals surface area contributed by atoms with E-state index in [9.17, 15) is 18.0 Å². The van der Waals surface area contributed by atoms with Gasteiger partial charge in [-0.25, -0.2) is 0 Å². The summed E-state index contributed by atoms with van der Waals surface area (Å²) in [7, 11) is 1.67. The Hall–Kier alpha value is -1.72. The molecule has 1 N–H and O–H groups in total. The lowest BCUT2D eigenvalue weighted by molar-refractivity contribution is -0.182. The first kappa shape index (κ1) is 16.6. The quantitative estimate of drug-likeness (QED) is 0.907. The van der Waals surface area contributed by atoms with Crippen LogP contribution in [0, 0.1) is 5.92 Å². The molecule has 0 radical (unpaired) electrons. The first-order chi connectivity index (χ1) is 10.3. The van der Waals surface area contributed by atoms with Gasteiger partial charge in [-0.05, 0) is 37.5 Å². The van der Waals surface area contributed by atoms with E-state index in [1.165, 1.54) is 11.8 Å². The van der Waals surface area contributed by atoms with Crippen molar-refractivity contribution < 1.29 is 18.0 Å². The number of carbonyl (C=O) groups excluding carboxylic acids is 1. The van der Waals surface area contributed by atoms with E-state index < -0.39 is 12.1 Å². The molecular weight excluding hydrogens is 293 g/mol. The van der Waals surface area contributed by atoms with Crippen molar-refractivity contribution in [3.63, 3.8) is 0 Å². The van der Waals surface area contributed by atoms with Crippen LogP contribution < -0.4 is 10.2 Å². The van der Waals surface area contributed by atoms with Crippen LogP contribution in [0.3, 0.4) is 0 Å². The molecule has 1 aromatic carbocycles. The Balaban J connectivity index is 2.04. The number of carbonyl (C=O) groups is 1. The summed E-state index contributed by atoms with van der Waals surface area (Å²) in [4.78, 5) is 12.9. The Morgan fingerprint density at radius 3 is 2.68 bits per heavy atom. The molecule has 22 heavy (non-hydrogen) atoms. The second-order valence-electron chi connectivity index (χ2n) is 5.87. The topological polar surface area (TPSA) is 32.3 Å². The van der Waals surface area contributed by atoms with Crippen LogP contribution in [0.15, 0.2) is 24.3 Å². The number of nitrogens with zero attached hydrogens (tertiary/aromatic N) is 1. The lowest BCUT2D eigenvalue weighted by Crippen LogP contribution is -2.34. The molecule has 1 aliphatic carbocycles. The SMILES string of the molecule is CC(=O)N(C)c1cccc(N[C@@H]2CCC[C@@H](C(F)(F)F)C2)c1. The highest BCUT2D eigenvalue weighted by Crippen LogP contribution is 2.38. The number of benzene rings is 1. The van der Waals surface area contributed by atoms with Gasteiger partial charge in [0.05, 0.1) is 5.92 Å². The Morgan fingerprint density at radius 2 is 2.05 bits per heavy atom. The van der Waals surface area contributed by atoms with Crippen LogP contribution >= 0.6 is 0 Å². The van der Waals surface area contributed by atoms with Crippen molar-refractivity contribution in [2.24, 2.45) is 5.92 Å². The fourth-order valence-electron chi connectivity index (χ4n) is 2.84. The fourth-order valence-corrected chi connectivity index (χ4v) is 2.84. The van der Waals surface area contributed by atoms with Crippen LogP contribution in [-0.4, -0.2) is 25.2 Å². The minimum Gasteiger partial charge on any atom is -0.382 e. The lowest BCUT2D eigenvalue weighted by Gasteiger charge is -2.31. The van der Waals surface area contributed by atoms with Crippen molar-refractivity contribution in [3.8, 4) is 0 Å². The lowest BCUT2D eigenvalue weighted by atomic mass is 9.85. The van der Waals surface area contributed by atoms with Crippen molar-refractivity contribution in [2.75, 3.05) is 17.3 Å². The number of anilines is 2. The van der Waals surface area contributed by atoms with Gasteiger partial charge < -0.3 is 10.2 Å². The third-order valence-corrected chi connectivity index (χ3v) is 4.21. The zero-order valence-electron chi connectivity index (χ0n) is 12.8. The fraction of sp³-hybridized carbons (Fsp3) is 0.562. The largest absolute Gasteiger partial charge is 0.391 e. The summed E-state index contributed by atoms with van der Waals surface area (Å²) in [6, 6.07) is 7.01. The maximum atomic E-state index is 12.8. The van der Waals surface area contributed by atoms with Gasteiger partial charge in [0, 0.05) is 31.4 Å². The summed E-state index contributed by atoms with van der Waals surface area (Å²) in [5.74, 6) is -1.31. The minimum atomic E-state index is -4.11. The molecule has 1 amide bonds. The van der Waals surface area contributed by atoms with Gasteiger partial charge in [-0.15, -0.1) is 0 Å². The van der Waals surface area contributed by atoms with Crippen LogP contribution in [0.1, 0.15) is 32.6 Å². The number of rotatable bonds is 3. The molecule has 1 fully saturated rings. The number of amides is 1. The second kappa shape index (κ2) is 6.58. The predicted molar refractivity (Wildman–Crippen MR) is 80.9 cm³/mol. The molecule has 3 nitrogen and oxygen atoms in total. The highest BCUT2D eigenvalue weighted by molar-refractivity contribution is 5.91. The highest BCUT2D eigenvalue weighted by atomic mass is 19.4. The van der Waals surface area contributed by atoms with Crippen molar-refractivity contribution in [1.82, 2.24) is 0 Å². The van der Waals surface area contributed by atoms with E-state index >= 15 is 0 Å². The van der Waals surface area contributed by atoms with Crippen LogP contribution in [0.5, 0.6) is 0 Å². The van der Waals surface area contributed by atoms with Crippen LogP contribution in [-0.2, 0) is 4.79 Å². The molecule has 0 unspecified atom stereocenters. The molecule has 1 saturated carbocycles. The first-order valence-corrected chi connectivity index (χ1v) is 7.45. The Bertz CT molecular complexity index is 530. The van der Waals surface area contributed by atoms with E-state index in [1.807, 2.05) is 6.07 Å². The number of hydrogen-bond donors (Lipinski definition) is 1. The maximum Gasteiger partial charge on any atom is 0.391 e. The zero-order valence-corrected chi connectivity index (χ0v) is 12.8. The average Bonchev–Trinajstić information content (AvgIpc) is 2.46. The van der Waals surface area contributed by atoms with Crippen molar-refractivity contribution in [2.45, 2.75) is 44.8 Å². The summed E-state index contributed by atoms with van der Waals surface area (Å²) in [5, 5.41) is 3.18. The molecular formula is C16H21F3N2O. The predicted octanol–water partition coefficient (Wildman–Crippen LogP) is 4.20. The van der Waals surface area contributed by atoms with Gasteiger partial charge in [0.25, 0.3) is 0 Å². The van der Waals surface area contributed by atoms with Crippen molar-refractivity contribution >= 4 is 17.3 Å². The Morgan fingerprint density at radius 1 is 1.32 bits per heavy atom. The molecule has 0 aromatic heterocycles. The Kier molecular flexibility index (Phi) is 4.98. The number of hydrogen-bond acceptors (Lipinski definition) is 2. The summed E-state index contributed by atoms with van der Waals surface area (Å²) in [6.07, 6.45) is -2.48. The first-order valence-electron chi connectivity index (χ1n) is 7.45. The monoisotopic (exact) mass is 314 g/mol. The molecule has 1 aliphatic rings. The van der Waals surface area contributed by atoms with Crippen LogP contribution in [0.25, 0.3) is 0 Å². The Labute approximate surface area is 128 Å². The maximum absolute atomic E-state index is 12.8. The summed E-state index contributed by atoms with van der Waals surface area (Å²) in [5.41, 5.74) is 1.47. The van der Waals surface area contributed by atoms with E-state index in [1.54, 1.807) is 25.2 Å². The van der Waals surface area contributed by atoms with Gasteiger partial charge in [-0.1, -0.05) is 12.5 Å². The highest BCUT2D eigenvalue weighted by Gasteiger charge is 2.42. The zero-order chi connectivity index (χ0) is 16.3. The molecule has 0 bridgehead atoms. The number of halogens is 3. The standard InChI is InChI=1S/C16H21F3N2O/c1-11(22)21(2)15-8-4-7-14(10-15)20-13-6-3-5-12(9-13)16(17,18)19/h4,7-8,10,12-13,20H,3,5-6,9H2,1-2H3/t12-,13-/m1/s1. The van der Waals surface area contributed by atoms with E-state index in [-0.39, 0.29) is 24.8 Å². The van der Waals surface area contributed by atoms with Crippen molar-refractivity contribution in [1.29, 1.82) is 0 Å². The van der Waals surface area contributed by atoms with Gasteiger partial charge in [0.1, 0.15) is 0 Å². The van der Waals surface area contributed by atoms with Crippen LogP contribution in [0.4, 0.5) is 24.5 Å². The molecule has 1 aromatic rings. The smallest absolute Gasteiger partial charge is 0.382 e. The molecule has 0 spiro atoms. The van der Waals surface area contributed by atoms with Gasteiger partial charge in [0.15, 0.2) is 0 Å². The van der Waals surface area contributed by atoms with E-state index in [4.69, 9.17) is 0 Å². The molecule has 2 rings (SSSR count). The molecule has 6 heteroatoms. The van der Waals surface area contributed by atoms with E-state index in [0.717, 1.165) is 17.8 Å². The molecule has 122 valence electrons. The second-order valence-corrected chi connectivity index (χ2v) is 5.87. The van der Waals surface area contributed by atoms with Gasteiger partial charge >= 0.3 is 6.18 Å². The number of nitrogens with one attached hydrogen (secondary N) is 1. The summed E-state index contributed by atoms with van der Waals surface area (Å²) in [6.45, 7) is 1.47. The average molecular weight is 314 g/mol. The number of alkyl halides is 3.